The van der Waals surface area contributed by atoms with E-state index in [0.29, 0.717) is 0 Å². The van der Waals surface area contributed by atoms with Gasteiger partial charge in [0.05, 0.1) is 0 Å². The summed E-state index contributed by atoms with van der Waals surface area (Å²) in [5, 5.41) is 0. The molecule has 2 rings (SSSR count). The van der Waals surface area contributed by atoms with E-state index in [1.807, 2.05) is 13.0 Å². The summed E-state index contributed by atoms with van der Waals surface area (Å²) in [6.07, 6.45) is 1.89. The first-order valence-corrected chi connectivity index (χ1v) is 6.37. The monoisotopic (exact) mass is 252 g/mol. The first kappa shape index (κ1) is 12.7. The van der Waals surface area contributed by atoms with Crippen LogP contribution in [0.4, 0.5) is 0 Å². The molecule has 0 fully saturated rings. The van der Waals surface area contributed by atoms with E-state index in [4.69, 9.17) is 12.2 Å². The van der Waals surface area contributed by atoms with Crippen LogP contribution < -0.4 is 0 Å². The minimum absolute atomic E-state index is 0.912. The van der Waals surface area contributed by atoms with Crippen molar-refractivity contribution in [3.8, 4) is 11.1 Å². The SMILES string of the molecule is C=Cc1cc(C(C)=S)ccc1-c1ccccc1C. The first-order chi connectivity index (χ1) is 8.63. The highest BCUT2D eigenvalue weighted by Crippen LogP contribution is 2.28. The number of benzene rings is 2. The van der Waals surface area contributed by atoms with Crippen molar-refractivity contribution < 1.29 is 0 Å². The van der Waals surface area contributed by atoms with Crippen LogP contribution >= 0.6 is 12.2 Å². The Kier molecular flexibility index (Phi) is 3.73. The lowest BCUT2D eigenvalue weighted by Crippen LogP contribution is -1.93. The van der Waals surface area contributed by atoms with Crippen molar-refractivity contribution in [3.05, 3.63) is 65.7 Å². The van der Waals surface area contributed by atoms with Crippen LogP contribution in [0.1, 0.15) is 23.6 Å². The van der Waals surface area contributed by atoms with E-state index in [-0.39, 0.29) is 0 Å². The highest BCUT2D eigenvalue weighted by molar-refractivity contribution is 7.80. The quantitative estimate of drug-likeness (QED) is 0.544. The predicted octanol–water partition coefficient (Wildman–Crippen LogP) is 5.04. The van der Waals surface area contributed by atoms with Crippen molar-refractivity contribution >= 4 is 23.2 Å². The summed E-state index contributed by atoms with van der Waals surface area (Å²) in [6, 6.07) is 14.7. The Morgan fingerprint density at radius 1 is 1.11 bits per heavy atom. The number of hydrogen-bond donors (Lipinski definition) is 0. The van der Waals surface area contributed by atoms with Crippen LogP contribution in [0, 0.1) is 6.92 Å². The predicted molar refractivity (Wildman–Crippen MR) is 84.1 cm³/mol. The van der Waals surface area contributed by atoms with Crippen LogP contribution in [-0.2, 0) is 0 Å². The van der Waals surface area contributed by atoms with Gasteiger partial charge in [0.15, 0.2) is 0 Å². The molecule has 18 heavy (non-hydrogen) atoms. The van der Waals surface area contributed by atoms with Gasteiger partial charge in [-0.3, -0.25) is 0 Å². The molecule has 0 bridgehead atoms. The molecule has 0 amide bonds. The van der Waals surface area contributed by atoms with Crippen LogP contribution in [0.5, 0.6) is 0 Å². The molecule has 0 aliphatic heterocycles. The van der Waals surface area contributed by atoms with Gasteiger partial charge in [-0.05, 0) is 47.7 Å². The average Bonchev–Trinajstić information content (AvgIpc) is 2.38. The van der Waals surface area contributed by atoms with Crippen LogP contribution in [0.25, 0.3) is 17.2 Å². The van der Waals surface area contributed by atoms with Gasteiger partial charge in [0, 0.05) is 4.86 Å². The minimum atomic E-state index is 0.912. The molecule has 0 heterocycles. The second-order valence-corrected chi connectivity index (χ2v) is 4.99. The molecule has 2 aromatic rings. The largest absolute Gasteiger partial charge is 0.0984 e. The van der Waals surface area contributed by atoms with Gasteiger partial charge in [-0.2, -0.15) is 0 Å². The van der Waals surface area contributed by atoms with Crippen LogP contribution in [-0.4, -0.2) is 4.86 Å². The second-order valence-electron chi connectivity index (χ2n) is 4.38. The van der Waals surface area contributed by atoms with Crippen molar-refractivity contribution in [2.45, 2.75) is 13.8 Å². The molecule has 0 aliphatic carbocycles. The Morgan fingerprint density at radius 2 is 1.83 bits per heavy atom. The van der Waals surface area contributed by atoms with Crippen LogP contribution in [0.15, 0.2) is 49.0 Å². The first-order valence-electron chi connectivity index (χ1n) is 5.97. The Hall–Kier alpha value is -1.73. The molecule has 90 valence electrons. The molecule has 0 saturated carbocycles. The summed E-state index contributed by atoms with van der Waals surface area (Å²) in [5.41, 5.74) is 5.96. The topological polar surface area (TPSA) is 0 Å². The molecule has 0 N–H and O–H groups in total. The third-order valence-corrected chi connectivity index (χ3v) is 3.35. The fraction of sp³-hybridized carbons (Fsp3) is 0.118. The van der Waals surface area contributed by atoms with E-state index in [1.54, 1.807) is 0 Å². The van der Waals surface area contributed by atoms with Crippen molar-refractivity contribution in [1.82, 2.24) is 0 Å². The smallest absolute Gasteiger partial charge is 0.0193 e. The van der Waals surface area contributed by atoms with Gasteiger partial charge >= 0.3 is 0 Å². The molecule has 0 radical (unpaired) electrons. The van der Waals surface area contributed by atoms with Crippen LogP contribution in [0.2, 0.25) is 0 Å². The summed E-state index contributed by atoms with van der Waals surface area (Å²) in [7, 11) is 0. The van der Waals surface area contributed by atoms with E-state index in [1.165, 1.54) is 16.7 Å². The Morgan fingerprint density at radius 3 is 2.44 bits per heavy atom. The van der Waals surface area contributed by atoms with E-state index >= 15 is 0 Å². The van der Waals surface area contributed by atoms with Crippen molar-refractivity contribution in [3.63, 3.8) is 0 Å². The number of aryl methyl sites for hydroxylation is 1. The van der Waals surface area contributed by atoms with Gasteiger partial charge in [-0.1, -0.05) is 61.3 Å². The van der Waals surface area contributed by atoms with E-state index in [0.717, 1.165) is 16.0 Å². The average molecular weight is 252 g/mol. The minimum Gasteiger partial charge on any atom is -0.0984 e. The highest BCUT2D eigenvalue weighted by atomic mass is 32.1. The number of thiocarbonyl (C=S) groups is 1. The summed E-state index contributed by atoms with van der Waals surface area (Å²) < 4.78 is 0. The van der Waals surface area contributed by atoms with Crippen molar-refractivity contribution in [1.29, 1.82) is 0 Å². The summed E-state index contributed by atoms with van der Waals surface area (Å²) in [6.45, 7) is 7.98. The zero-order valence-corrected chi connectivity index (χ0v) is 11.6. The van der Waals surface area contributed by atoms with E-state index < -0.39 is 0 Å². The maximum Gasteiger partial charge on any atom is 0.0193 e. The van der Waals surface area contributed by atoms with Gasteiger partial charge in [0.25, 0.3) is 0 Å². The molecule has 0 unspecified atom stereocenters. The molecule has 0 atom stereocenters. The highest BCUT2D eigenvalue weighted by Gasteiger charge is 2.06. The molecule has 0 aromatic heterocycles. The molecule has 0 saturated heterocycles. The summed E-state index contributed by atoms with van der Waals surface area (Å²) in [5.74, 6) is 0. The third kappa shape index (κ3) is 2.41. The fourth-order valence-corrected chi connectivity index (χ4v) is 2.20. The van der Waals surface area contributed by atoms with Gasteiger partial charge in [0.2, 0.25) is 0 Å². The third-order valence-electron chi connectivity index (χ3n) is 3.11. The maximum atomic E-state index is 5.22. The molecular formula is C17H16S. The zero-order chi connectivity index (χ0) is 13.1. The lowest BCUT2D eigenvalue weighted by Gasteiger charge is -2.11. The zero-order valence-electron chi connectivity index (χ0n) is 10.7. The van der Waals surface area contributed by atoms with Crippen molar-refractivity contribution in [2.24, 2.45) is 0 Å². The lowest BCUT2D eigenvalue weighted by molar-refractivity contribution is 1.45. The van der Waals surface area contributed by atoms with E-state index in [9.17, 15) is 0 Å². The molecule has 1 heteroatoms. The number of hydrogen-bond acceptors (Lipinski definition) is 1. The number of rotatable bonds is 3. The molecule has 0 aliphatic rings. The summed E-state index contributed by atoms with van der Waals surface area (Å²) >= 11 is 5.22. The van der Waals surface area contributed by atoms with Crippen LogP contribution in [0.3, 0.4) is 0 Å². The van der Waals surface area contributed by atoms with E-state index in [2.05, 4.69) is 56.0 Å². The normalized spacial score (nSPS) is 10.1. The van der Waals surface area contributed by atoms with Gasteiger partial charge in [-0.15, -0.1) is 0 Å². The molecule has 2 aromatic carbocycles. The molecule has 0 spiro atoms. The Bertz CT molecular complexity index is 609. The second kappa shape index (κ2) is 5.28. The Balaban J connectivity index is 2.62. The van der Waals surface area contributed by atoms with Crippen molar-refractivity contribution in [2.75, 3.05) is 0 Å². The van der Waals surface area contributed by atoms with Gasteiger partial charge in [-0.25, -0.2) is 0 Å². The maximum absolute atomic E-state index is 5.22. The Labute approximate surface area is 114 Å². The fourth-order valence-electron chi connectivity index (χ4n) is 2.07. The summed E-state index contributed by atoms with van der Waals surface area (Å²) in [4.78, 5) is 0.912. The molecule has 0 nitrogen and oxygen atoms in total. The van der Waals surface area contributed by atoms with Gasteiger partial charge < -0.3 is 0 Å². The standard InChI is InChI=1S/C17H16S/c1-4-14-11-15(13(3)18)9-10-17(14)16-8-6-5-7-12(16)2/h4-11H,1H2,2-3H3. The van der Waals surface area contributed by atoms with Gasteiger partial charge in [0.1, 0.15) is 0 Å². The molecular weight excluding hydrogens is 236 g/mol. The lowest BCUT2D eigenvalue weighted by atomic mass is 9.94.